The summed E-state index contributed by atoms with van der Waals surface area (Å²) in [4.78, 5) is 22.9. The van der Waals surface area contributed by atoms with Gasteiger partial charge in [0.05, 0.1) is 31.1 Å². The largest absolute Gasteiger partial charge is 0.481 e. The molecule has 1 amide bonds. The third-order valence-electron chi connectivity index (χ3n) is 3.03. The number of carbonyl (C=O) groups is 2. The van der Waals surface area contributed by atoms with Gasteiger partial charge in [0.15, 0.2) is 0 Å². The number of aliphatic carboxylic acids is 1. The molecule has 6 heteroatoms. The van der Waals surface area contributed by atoms with Gasteiger partial charge in [-0.2, -0.15) is 0 Å². The summed E-state index contributed by atoms with van der Waals surface area (Å²) in [6, 6.07) is 1.09. The Labute approximate surface area is 104 Å². The van der Waals surface area contributed by atoms with Gasteiger partial charge >= 0.3 is 5.97 Å². The third-order valence-corrected chi connectivity index (χ3v) is 3.03. The predicted molar refractivity (Wildman–Crippen MR) is 61.3 cm³/mol. The average molecular weight is 253 g/mol. The van der Waals surface area contributed by atoms with Crippen molar-refractivity contribution in [1.82, 2.24) is 5.32 Å². The summed E-state index contributed by atoms with van der Waals surface area (Å²) >= 11 is 0. The molecule has 2 atom stereocenters. The zero-order chi connectivity index (χ0) is 13.1. The Kier molecular flexibility index (Phi) is 3.66. The zero-order valence-electron chi connectivity index (χ0n) is 10.0. The van der Waals surface area contributed by atoms with Gasteiger partial charge < -0.3 is 19.6 Å². The smallest absolute Gasteiger partial charge is 0.311 e. The predicted octanol–water partition coefficient (Wildman–Crippen LogP) is 0.671. The first-order valence-electron chi connectivity index (χ1n) is 5.81. The summed E-state index contributed by atoms with van der Waals surface area (Å²) in [5.41, 5.74) is 0.452. The SMILES string of the molecule is CCc1occc1C(=O)NC1COCC1C(=O)O. The number of carboxylic acids is 1. The Bertz CT molecular complexity index is 453. The van der Waals surface area contributed by atoms with Crippen molar-refractivity contribution >= 4 is 11.9 Å². The maximum atomic E-state index is 12.0. The summed E-state index contributed by atoms with van der Waals surface area (Å²) in [5.74, 6) is -1.37. The molecule has 2 unspecified atom stereocenters. The molecule has 18 heavy (non-hydrogen) atoms. The van der Waals surface area contributed by atoms with Gasteiger partial charge in [-0.05, 0) is 6.07 Å². The van der Waals surface area contributed by atoms with E-state index in [0.29, 0.717) is 17.7 Å². The van der Waals surface area contributed by atoms with Crippen LogP contribution in [0.4, 0.5) is 0 Å². The van der Waals surface area contributed by atoms with Crippen molar-refractivity contribution in [3.63, 3.8) is 0 Å². The molecule has 2 N–H and O–H groups in total. The summed E-state index contributed by atoms with van der Waals surface area (Å²) < 4.78 is 10.3. The van der Waals surface area contributed by atoms with Gasteiger partial charge in [-0.15, -0.1) is 0 Å². The van der Waals surface area contributed by atoms with Gasteiger partial charge in [0.25, 0.3) is 5.91 Å². The molecule has 0 spiro atoms. The van der Waals surface area contributed by atoms with E-state index in [9.17, 15) is 9.59 Å². The van der Waals surface area contributed by atoms with Crippen molar-refractivity contribution in [2.45, 2.75) is 19.4 Å². The van der Waals surface area contributed by atoms with Gasteiger partial charge in [0.1, 0.15) is 11.7 Å². The Balaban J connectivity index is 2.05. The molecule has 0 radical (unpaired) electrons. The number of carbonyl (C=O) groups excluding carboxylic acids is 1. The van der Waals surface area contributed by atoms with Gasteiger partial charge in [-0.25, -0.2) is 0 Å². The van der Waals surface area contributed by atoms with E-state index in [-0.39, 0.29) is 19.1 Å². The molecule has 98 valence electrons. The van der Waals surface area contributed by atoms with Crippen molar-refractivity contribution < 1.29 is 23.8 Å². The number of nitrogens with one attached hydrogen (secondary N) is 1. The highest BCUT2D eigenvalue weighted by Gasteiger charge is 2.35. The highest BCUT2D eigenvalue weighted by Crippen LogP contribution is 2.16. The Morgan fingerprint density at radius 2 is 2.28 bits per heavy atom. The van der Waals surface area contributed by atoms with Crippen molar-refractivity contribution in [3.05, 3.63) is 23.7 Å². The summed E-state index contributed by atoms with van der Waals surface area (Å²) in [6.45, 7) is 2.24. The van der Waals surface area contributed by atoms with Gasteiger partial charge in [0.2, 0.25) is 0 Å². The second-order valence-corrected chi connectivity index (χ2v) is 4.17. The molecule has 1 saturated heterocycles. The van der Waals surface area contributed by atoms with Gasteiger partial charge in [-0.1, -0.05) is 6.92 Å². The molecule has 1 aromatic rings. The summed E-state index contributed by atoms with van der Waals surface area (Å²) in [6.07, 6.45) is 2.06. The minimum atomic E-state index is -0.958. The third kappa shape index (κ3) is 2.38. The number of rotatable bonds is 4. The first kappa shape index (κ1) is 12.6. The fourth-order valence-corrected chi connectivity index (χ4v) is 2.00. The number of amides is 1. The van der Waals surface area contributed by atoms with Crippen LogP contribution >= 0.6 is 0 Å². The zero-order valence-corrected chi connectivity index (χ0v) is 10.0. The van der Waals surface area contributed by atoms with Crippen LogP contribution in [0.15, 0.2) is 16.7 Å². The molecule has 1 aliphatic heterocycles. The summed E-state index contributed by atoms with van der Waals surface area (Å²) in [5, 5.41) is 11.7. The van der Waals surface area contributed by atoms with E-state index in [1.165, 1.54) is 6.26 Å². The number of hydrogen-bond donors (Lipinski definition) is 2. The first-order valence-corrected chi connectivity index (χ1v) is 5.81. The van der Waals surface area contributed by atoms with Crippen molar-refractivity contribution in [2.24, 2.45) is 5.92 Å². The maximum absolute atomic E-state index is 12.0. The Morgan fingerprint density at radius 3 is 2.94 bits per heavy atom. The molecule has 0 aliphatic carbocycles. The van der Waals surface area contributed by atoms with Crippen LogP contribution in [0.1, 0.15) is 23.0 Å². The molecule has 1 fully saturated rings. The molecule has 1 aromatic heterocycles. The molecular formula is C12H15NO5. The van der Waals surface area contributed by atoms with Crippen LogP contribution in [0.2, 0.25) is 0 Å². The van der Waals surface area contributed by atoms with Crippen LogP contribution in [0.5, 0.6) is 0 Å². The summed E-state index contributed by atoms with van der Waals surface area (Å²) in [7, 11) is 0. The Hall–Kier alpha value is -1.82. The molecule has 0 aromatic carbocycles. The molecule has 0 bridgehead atoms. The monoisotopic (exact) mass is 253 g/mol. The molecule has 6 nitrogen and oxygen atoms in total. The fraction of sp³-hybridized carbons (Fsp3) is 0.500. The molecule has 1 aliphatic rings. The van der Waals surface area contributed by atoms with Crippen LogP contribution in [0.3, 0.4) is 0 Å². The quantitative estimate of drug-likeness (QED) is 0.823. The Morgan fingerprint density at radius 1 is 1.50 bits per heavy atom. The van der Waals surface area contributed by atoms with E-state index in [0.717, 1.165) is 0 Å². The topological polar surface area (TPSA) is 88.8 Å². The van der Waals surface area contributed by atoms with Crippen molar-refractivity contribution in [3.8, 4) is 0 Å². The number of hydrogen-bond acceptors (Lipinski definition) is 4. The molecular weight excluding hydrogens is 238 g/mol. The maximum Gasteiger partial charge on any atom is 0.311 e. The minimum Gasteiger partial charge on any atom is -0.481 e. The fourth-order valence-electron chi connectivity index (χ4n) is 2.00. The van der Waals surface area contributed by atoms with Gasteiger partial charge in [0, 0.05) is 6.42 Å². The van der Waals surface area contributed by atoms with Crippen LogP contribution in [0.25, 0.3) is 0 Å². The molecule has 0 saturated carbocycles. The minimum absolute atomic E-state index is 0.131. The highest BCUT2D eigenvalue weighted by atomic mass is 16.5. The number of furan rings is 1. The van der Waals surface area contributed by atoms with E-state index >= 15 is 0 Å². The van der Waals surface area contributed by atoms with Gasteiger partial charge in [-0.3, -0.25) is 9.59 Å². The first-order chi connectivity index (χ1) is 8.63. The van der Waals surface area contributed by atoms with Crippen LogP contribution in [-0.2, 0) is 16.0 Å². The van der Waals surface area contributed by atoms with Crippen LogP contribution in [-0.4, -0.2) is 36.2 Å². The van der Waals surface area contributed by atoms with E-state index < -0.39 is 17.9 Å². The lowest BCUT2D eigenvalue weighted by atomic mass is 10.0. The molecule has 2 rings (SSSR count). The standard InChI is InChI=1S/C12H15NO5/c1-2-10-7(3-4-18-10)11(14)13-9-6-17-5-8(9)12(15)16/h3-4,8-9H,2,5-6H2,1H3,(H,13,14)(H,15,16). The lowest BCUT2D eigenvalue weighted by Gasteiger charge is -2.15. The van der Waals surface area contributed by atoms with Crippen LogP contribution in [0, 0.1) is 5.92 Å². The highest BCUT2D eigenvalue weighted by molar-refractivity contribution is 5.95. The lowest BCUT2D eigenvalue weighted by molar-refractivity contribution is -0.142. The van der Waals surface area contributed by atoms with E-state index in [1.54, 1.807) is 6.07 Å². The molecule has 2 heterocycles. The van der Waals surface area contributed by atoms with Crippen molar-refractivity contribution in [1.29, 1.82) is 0 Å². The number of carboxylic acid groups (broad SMARTS) is 1. The van der Waals surface area contributed by atoms with Crippen LogP contribution < -0.4 is 5.32 Å². The second kappa shape index (κ2) is 5.22. The average Bonchev–Trinajstić information content (AvgIpc) is 2.96. The number of aryl methyl sites for hydroxylation is 1. The van der Waals surface area contributed by atoms with E-state index in [2.05, 4.69) is 5.32 Å². The second-order valence-electron chi connectivity index (χ2n) is 4.17. The normalized spacial score (nSPS) is 22.9. The van der Waals surface area contributed by atoms with E-state index in [4.69, 9.17) is 14.3 Å². The number of ether oxygens (including phenoxy) is 1. The lowest BCUT2D eigenvalue weighted by Crippen LogP contribution is -2.42. The van der Waals surface area contributed by atoms with Crippen molar-refractivity contribution in [2.75, 3.05) is 13.2 Å². The van der Waals surface area contributed by atoms with E-state index in [1.807, 2.05) is 6.92 Å².